The highest BCUT2D eigenvalue weighted by molar-refractivity contribution is 7.17. The van der Waals surface area contributed by atoms with Crippen LogP contribution in [0.2, 0.25) is 10.0 Å². The number of thiophene rings is 3. The summed E-state index contributed by atoms with van der Waals surface area (Å²) in [4.78, 5) is 49.9. The molecule has 0 bridgehead atoms. The van der Waals surface area contributed by atoms with Crippen LogP contribution in [0.1, 0.15) is 64.8 Å². The van der Waals surface area contributed by atoms with E-state index >= 15 is 0 Å². The van der Waals surface area contributed by atoms with E-state index in [4.69, 9.17) is 37.4 Å². The van der Waals surface area contributed by atoms with Crippen molar-refractivity contribution in [2.75, 3.05) is 98.5 Å². The first kappa shape index (κ1) is 56.8. The summed E-state index contributed by atoms with van der Waals surface area (Å²) in [6.07, 6.45) is 0. The number of rotatable bonds is 15. The first-order chi connectivity index (χ1) is 38.4. The first-order valence-electron chi connectivity index (χ1n) is 26.6. The van der Waals surface area contributed by atoms with Crippen LogP contribution in [-0.4, -0.2) is 144 Å². The molecule has 0 saturated carbocycles. The van der Waals surface area contributed by atoms with E-state index in [9.17, 15) is 23.2 Å². The number of carbonyl (C=O) groups is 3. The monoisotopic (exact) mass is 1170 g/mol. The highest BCUT2D eigenvalue weighted by Crippen LogP contribution is 2.36. The molecule has 19 heteroatoms. The Labute approximate surface area is 480 Å². The summed E-state index contributed by atoms with van der Waals surface area (Å²) in [6, 6.07) is 24.2. The first-order valence-corrected chi connectivity index (χ1v) is 30.0. The van der Waals surface area contributed by atoms with Crippen molar-refractivity contribution in [3.8, 4) is 0 Å². The number of fused-ring (bicyclic) bond motifs is 3. The number of ketones is 3. The molecule has 0 N–H and O–H groups in total. The Morgan fingerprint density at radius 3 is 1.30 bits per heavy atom. The minimum atomic E-state index is -1.09. The van der Waals surface area contributed by atoms with Crippen LogP contribution in [0.3, 0.4) is 0 Å². The molecule has 3 fully saturated rings. The van der Waals surface area contributed by atoms with Gasteiger partial charge in [-0.1, -0.05) is 53.5 Å². The number of aromatic nitrogens is 3. The van der Waals surface area contributed by atoms with Crippen LogP contribution in [-0.2, 0) is 33.8 Å². The number of nitrogens with zero attached hydrogens (tertiary/aromatic N) is 6. The number of morpholine rings is 3. The van der Waals surface area contributed by atoms with Crippen molar-refractivity contribution >= 4 is 105 Å². The predicted molar refractivity (Wildman–Crippen MR) is 315 cm³/mol. The summed E-state index contributed by atoms with van der Waals surface area (Å²) in [6.45, 7) is 21.6. The van der Waals surface area contributed by atoms with Crippen molar-refractivity contribution in [1.82, 2.24) is 28.4 Å². The second-order valence-corrected chi connectivity index (χ2v) is 23.2. The maximum atomic E-state index is 14.2. The summed E-state index contributed by atoms with van der Waals surface area (Å²) in [5.74, 6) is -2.53. The van der Waals surface area contributed by atoms with Crippen LogP contribution in [0.15, 0.2) is 101 Å². The summed E-state index contributed by atoms with van der Waals surface area (Å²) >= 11 is 17.3. The molecule has 414 valence electrons. The zero-order valence-corrected chi connectivity index (χ0v) is 48.4. The Kier molecular flexibility index (Phi) is 18.7. The molecule has 0 radical (unpaired) electrons. The van der Waals surface area contributed by atoms with Gasteiger partial charge in [-0.25, -0.2) is 8.78 Å². The van der Waals surface area contributed by atoms with Crippen LogP contribution in [0.25, 0.3) is 30.6 Å². The van der Waals surface area contributed by atoms with Gasteiger partial charge in [0.1, 0.15) is 14.5 Å². The number of benzene rings is 3. The number of ether oxygens (including phenoxy) is 3. The average molecular weight is 1170 g/mol. The van der Waals surface area contributed by atoms with E-state index in [0.29, 0.717) is 26.7 Å². The molecule has 0 atom stereocenters. The standard InChI is InChI=1S/2C20H21ClN2O2S.C20H20F2N2O2S/c1-14-18(19(24)15-3-2-4-16(21)13-15)17-5-12-26-20(17)23(14)7-6-22-8-10-25-11-9-22;1-14-18(19(24)15-4-2-3-5-17(15)21)16-6-13-26-20(16)23(14)8-7-22-9-11-25-12-10-22;1-13-17(19(25)15-3-2-4-16(21)18(15)22)14-5-12-27-20(14)24(13)7-6-23-8-10-26-11-9-23/h2-5,12-13H,6-11H2,1H3;2-6,13H,7-12H2,1H3;2-5,12H,6-11H2,1H3. The number of carbonyl (C=O) groups excluding carboxylic acids is 3. The Balaban J connectivity index is 0.000000134. The van der Waals surface area contributed by atoms with Gasteiger partial charge in [0, 0.05) is 128 Å². The minimum absolute atomic E-state index is 0.00150. The van der Waals surface area contributed by atoms with Gasteiger partial charge in [0.25, 0.3) is 0 Å². The molecule has 0 amide bonds. The highest BCUT2D eigenvalue weighted by atomic mass is 35.5. The van der Waals surface area contributed by atoms with Gasteiger partial charge in [0.05, 0.1) is 66.9 Å². The number of halogens is 4. The molecule has 79 heavy (non-hydrogen) atoms. The molecule has 3 aromatic carbocycles. The third kappa shape index (κ3) is 12.4. The van der Waals surface area contributed by atoms with Gasteiger partial charge < -0.3 is 27.9 Å². The predicted octanol–water partition coefficient (Wildman–Crippen LogP) is 12.3. The van der Waals surface area contributed by atoms with Gasteiger partial charge in [-0.3, -0.25) is 29.1 Å². The molecule has 0 spiro atoms. The van der Waals surface area contributed by atoms with E-state index in [1.807, 2.05) is 62.5 Å². The Hall–Kier alpha value is -5.41. The lowest BCUT2D eigenvalue weighted by Gasteiger charge is -2.26. The van der Waals surface area contributed by atoms with Gasteiger partial charge >= 0.3 is 0 Å². The lowest BCUT2D eigenvalue weighted by atomic mass is 10.0. The fraction of sp³-hybridized carbons (Fsp3) is 0.350. The van der Waals surface area contributed by atoms with Crippen molar-refractivity contribution in [2.24, 2.45) is 0 Å². The van der Waals surface area contributed by atoms with Gasteiger partial charge in [0.15, 0.2) is 29.0 Å². The third-order valence-electron chi connectivity index (χ3n) is 15.1. The van der Waals surface area contributed by atoms with Crippen LogP contribution < -0.4 is 0 Å². The smallest absolute Gasteiger partial charge is 0.198 e. The zero-order valence-electron chi connectivity index (χ0n) is 44.4. The molecule has 3 aliphatic heterocycles. The normalized spacial score (nSPS) is 15.6. The lowest BCUT2D eigenvalue weighted by molar-refractivity contribution is 0.0364. The average Bonchev–Trinajstić information content (AvgIpc) is 4.52. The molecule has 12 nitrogen and oxygen atoms in total. The summed E-state index contributed by atoms with van der Waals surface area (Å²) in [7, 11) is 0. The fourth-order valence-corrected chi connectivity index (χ4v) is 14.2. The Morgan fingerprint density at radius 1 is 0.481 bits per heavy atom. The molecule has 12 rings (SSSR count). The van der Waals surface area contributed by atoms with E-state index in [2.05, 4.69) is 45.2 Å². The molecule has 9 aromatic rings. The number of hydrogen-bond acceptors (Lipinski definition) is 12. The van der Waals surface area contributed by atoms with E-state index in [1.54, 1.807) is 58.3 Å². The summed E-state index contributed by atoms with van der Waals surface area (Å²) < 4.78 is 50.7. The topological polar surface area (TPSA) is 103 Å². The fourth-order valence-electron chi connectivity index (χ4n) is 10.8. The molecular formula is C60H62Cl2F2N6O6S3. The third-order valence-corrected chi connectivity index (χ3v) is 18.5. The molecule has 0 unspecified atom stereocenters. The highest BCUT2D eigenvalue weighted by Gasteiger charge is 2.28. The second kappa shape index (κ2) is 26.0. The van der Waals surface area contributed by atoms with Crippen molar-refractivity contribution in [1.29, 1.82) is 0 Å². The Morgan fingerprint density at radius 2 is 0.873 bits per heavy atom. The van der Waals surface area contributed by atoms with Crippen molar-refractivity contribution in [2.45, 2.75) is 40.4 Å². The van der Waals surface area contributed by atoms with Crippen LogP contribution in [0, 0.1) is 32.4 Å². The summed E-state index contributed by atoms with van der Waals surface area (Å²) in [5.41, 5.74) is 5.85. The molecule has 0 aliphatic carbocycles. The maximum Gasteiger partial charge on any atom is 0.198 e. The largest absolute Gasteiger partial charge is 0.379 e. The quantitative estimate of drug-likeness (QED) is 0.0928. The van der Waals surface area contributed by atoms with Gasteiger partial charge in [0.2, 0.25) is 0 Å². The van der Waals surface area contributed by atoms with Crippen LogP contribution in [0.5, 0.6) is 0 Å². The molecule has 3 aliphatic rings. The van der Waals surface area contributed by atoms with Crippen molar-refractivity contribution in [3.63, 3.8) is 0 Å². The van der Waals surface area contributed by atoms with Gasteiger partial charge in [-0.2, -0.15) is 0 Å². The van der Waals surface area contributed by atoms with Crippen molar-refractivity contribution in [3.05, 3.63) is 173 Å². The Bertz CT molecular complexity index is 3620. The molecule has 3 saturated heterocycles. The molecule has 6 aromatic heterocycles. The molecule has 9 heterocycles. The second-order valence-electron chi connectivity index (χ2n) is 19.7. The van der Waals surface area contributed by atoms with Crippen LogP contribution in [0.4, 0.5) is 8.78 Å². The minimum Gasteiger partial charge on any atom is -0.379 e. The SMILES string of the molecule is Cc1c(C(=O)c2cccc(Cl)c2)c2ccsc2n1CCN1CCOCC1.Cc1c(C(=O)c2cccc(F)c2F)c2ccsc2n1CCN1CCOCC1.Cc1c(C(=O)c2ccccc2Cl)c2ccsc2n1CCN1CCOCC1. The van der Waals surface area contributed by atoms with E-state index in [0.717, 1.165) is 178 Å². The zero-order chi connectivity index (χ0) is 55.2. The van der Waals surface area contributed by atoms with Crippen molar-refractivity contribution < 1.29 is 37.4 Å². The van der Waals surface area contributed by atoms with Crippen LogP contribution >= 0.6 is 57.2 Å². The number of hydrogen-bond donors (Lipinski definition) is 0. The maximum absolute atomic E-state index is 14.2. The summed E-state index contributed by atoms with van der Waals surface area (Å²) in [5, 5.41) is 9.99. The van der Waals surface area contributed by atoms with Gasteiger partial charge in [-0.05, 0) is 91.5 Å². The molecular weight excluding hydrogens is 1110 g/mol. The van der Waals surface area contributed by atoms with E-state index in [1.165, 1.54) is 17.0 Å². The van der Waals surface area contributed by atoms with Gasteiger partial charge in [-0.15, -0.1) is 34.0 Å². The van der Waals surface area contributed by atoms with E-state index < -0.39 is 17.4 Å². The lowest BCUT2D eigenvalue weighted by Crippen LogP contribution is -2.38. The van der Waals surface area contributed by atoms with E-state index in [-0.39, 0.29) is 17.1 Å².